The Bertz CT molecular complexity index is 445. The molecule has 1 amide bonds. The monoisotopic (exact) mass is 247 g/mol. The highest BCUT2D eigenvalue weighted by atomic mass is 16.1. The van der Waals surface area contributed by atoms with Gasteiger partial charge in [-0.25, -0.2) is 4.98 Å². The minimum absolute atomic E-state index is 0.0103. The van der Waals surface area contributed by atoms with Gasteiger partial charge in [0.1, 0.15) is 5.82 Å². The zero-order valence-corrected chi connectivity index (χ0v) is 11.3. The van der Waals surface area contributed by atoms with Crippen molar-refractivity contribution in [2.75, 3.05) is 12.4 Å². The van der Waals surface area contributed by atoms with Crippen LogP contribution in [-0.2, 0) is 0 Å². The van der Waals surface area contributed by atoms with Crippen molar-refractivity contribution in [3.63, 3.8) is 0 Å². The van der Waals surface area contributed by atoms with E-state index in [9.17, 15) is 4.79 Å². The van der Waals surface area contributed by atoms with Crippen LogP contribution in [0.15, 0.2) is 12.1 Å². The van der Waals surface area contributed by atoms with E-state index in [0.29, 0.717) is 11.6 Å². The lowest BCUT2D eigenvalue weighted by atomic mass is 10.1. The Morgan fingerprint density at radius 1 is 1.39 bits per heavy atom. The van der Waals surface area contributed by atoms with Gasteiger partial charge < -0.3 is 10.6 Å². The van der Waals surface area contributed by atoms with E-state index in [0.717, 1.165) is 30.3 Å². The molecular formula is C14H21N3O. The molecule has 1 fully saturated rings. The van der Waals surface area contributed by atoms with Crippen LogP contribution in [0.1, 0.15) is 42.2 Å². The maximum absolute atomic E-state index is 12.2. The molecule has 1 saturated carbocycles. The van der Waals surface area contributed by atoms with E-state index in [-0.39, 0.29) is 5.91 Å². The van der Waals surface area contributed by atoms with Crippen LogP contribution in [0, 0.1) is 12.8 Å². The zero-order valence-electron chi connectivity index (χ0n) is 11.3. The second-order valence-electron chi connectivity index (χ2n) is 5.22. The predicted molar refractivity (Wildman–Crippen MR) is 72.8 cm³/mol. The molecule has 1 aromatic rings. The summed E-state index contributed by atoms with van der Waals surface area (Å²) in [5.41, 5.74) is 1.54. The molecule has 2 unspecified atom stereocenters. The van der Waals surface area contributed by atoms with E-state index in [1.54, 1.807) is 6.07 Å². The van der Waals surface area contributed by atoms with Crippen LogP contribution in [0.3, 0.4) is 0 Å². The Kier molecular flexibility index (Phi) is 3.84. The van der Waals surface area contributed by atoms with Gasteiger partial charge >= 0.3 is 0 Å². The third-order valence-corrected chi connectivity index (χ3v) is 3.50. The molecule has 98 valence electrons. The molecule has 1 aliphatic rings. The first-order valence-corrected chi connectivity index (χ1v) is 6.56. The van der Waals surface area contributed by atoms with E-state index in [1.807, 2.05) is 20.0 Å². The number of hydrogen-bond donors (Lipinski definition) is 2. The van der Waals surface area contributed by atoms with E-state index in [1.165, 1.54) is 6.42 Å². The highest BCUT2D eigenvalue weighted by Crippen LogP contribution is 2.24. The molecule has 2 rings (SSSR count). The molecule has 4 heteroatoms. The van der Waals surface area contributed by atoms with Crippen molar-refractivity contribution in [2.24, 2.45) is 5.92 Å². The molecule has 0 saturated heterocycles. The maximum atomic E-state index is 12.2. The largest absolute Gasteiger partial charge is 0.373 e. The van der Waals surface area contributed by atoms with Gasteiger partial charge in [-0.05, 0) is 44.2 Å². The minimum atomic E-state index is 0.0103. The molecule has 0 aromatic carbocycles. The fourth-order valence-corrected chi connectivity index (χ4v) is 2.53. The molecule has 18 heavy (non-hydrogen) atoms. The lowest BCUT2D eigenvalue weighted by molar-refractivity contribution is 0.0937. The van der Waals surface area contributed by atoms with Gasteiger partial charge in [0.25, 0.3) is 5.91 Å². The summed E-state index contributed by atoms with van der Waals surface area (Å²) < 4.78 is 0. The van der Waals surface area contributed by atoms with Gasteiger partial charge in [-0.1, -0.05) is 6.92 Å². The number of nitrogens with zero attached hydrogens (tertiary/aromatic N) is 1. The summed E-state index contributed by atoms with van der Waals surface area (Å²) in [5.74, 6) is 1.47. The molecule has 0 spiro atoms. The molecule has 0 aliphatic heterocycles. The van der Waals surface area contributed by atoms with Crippen molar-refractivity contribution in [3.8, 4) is 0 Å². The number of aromatic nitrogens is 1. The zero-order chi connectivity index (χ0) is 13.1. The Balaban J connectivity index is 2.06. The average molecular weight is 247 g/mol. The number of amides is 1. The SMILES string of the molecule is CNc1cc(C(=O)NC2CCC(C)C2)cc(C)n1. The van der Waals surface area contributed by atoms with Crippen LogP contribution in [0.5, 0.6) is 0 Å². The third kappa shape index (κ3) is 3.00. The average Bonchev–Trinajstić information content (AvgIpc) is 2.73. The number of aryl methyl sites for hydroxylation is 1. The molecule has 2 N–H and O–H groups in total. The first-order chi connectivity index (χ1) is 8.58. The standard InChI is InChI=1S/C14H21N3O/c1-9-4-5-12(6-9)17-14(18)11-7-10(2)16-13(8-11)15-3/h7-9,12H,4-6H2,1-3H3,(H,15,16)(H,17,18). The second kappa shape index (κ2) is 5.38. The Morgan fingerprint density at radius 2 is 2.17 bits per heavy atom. The molecule has 2 atom stereocenters. The van der Waals surface area contributed by atoms with Gasteiger partial charge in [0.2, 0.25) is 0 Å². The normalized spacial score (nSPS) is 22.8. The van der Waals surface area contributed by atoms with Crippen LogP contribution in [0.25, 0.3) is 0 Å². The fraction of sp³-hybridized carbons (Fsp3) is 0.571. The van der Waals surface area contributed by atoms with E-state index in [2.05, 4.69) is 22.5 Å². The lowest BCUT2D eigenvalue weighted by Crippen LogP contribution is -2.33. The quantitative estimate of drug-likeness (QED) is 0.862. The maximum Gasteiger partial charge on any atom is 0.251 e. The molecule has 0 bridgehead atoms. The lowest BCUT2D eigenvalue weighted by Gasteiger charge is -2.13. The smallest absolute Gasteiger partial charge is 0.251 e. The van der Waals surface area contributed by atoms with Crippen molar-refractivity contribution in [2.45, 2.75) is 39.2 Å². The first kappa shape index (κ1) is 12.9. The Hall–Kier alpha value is -1.58. The van der Waals surface area contributed by atoms with Gasteiger partial charge in [-0.2, -0.15) is 0 Å². The van der Waals surface area contributed by atoms with Gasteiger partial charge in [-0.15, -0.1) is 0 Å². The molecule has 1 heterocycles. The number of carbonyl (C=O) groups excluding carboxylic acids is 1. The predicted octanol–water partition coefficient (Wildman–Crippen LogP) is 2.35. The van der Waals surface area contributed by atoms with Crippen LogP contribution in [-0.4, -0.2) is 24.0 Å². The Labute approximate surface area is 108 Å². The van der Waals surface area contributed by atoms with Gasteiger partial charge in [0.05, 0.1) is 0 Å². The first-order valence-electron chi connectivity index (χ1n) is 6.56. The van der Waals surface area contributed by atoms with Crippen LogP contribution in [0.2, 0.25) is 0 Å². The van der Waals surface area contributed by atoms with E-state index < -0.39 is 0 Å². The number of nitrogens with one attached hydrogen (secondary N) is 2. The fourth-order valence-electron chi connectivity index (χ4n) is 2.53. The molecular weight excluding hydrogens is 226 g/mol. The highest BCUT2D eigenvalue weighted by Gasteiger charge is 2.23. The van der Waals surface area contributed by atoms with Crippen molar-refractivity contribution >= 4 is 11.7 Å². The van der Waals surface area contributed by atoms with Gasteiger partial charge in [-0.3, -0.25) is 4.79 Å². The number of rotatable bonds is 3. The van der Waals surface area contributed by atoms with Crippen molar-refractivity contribution in [3.05, 3.63) is 23.4 Å². The van der Waals surface area contributed by atoms with Crippen molar-refractivity contribution in [1.29, 1.82) is 0 Å². The third-order valence-electron chi connectivity index (χ3n) is 3.50. The number of anilines is 1. The summed E-state index contributed by atoms with van der Waals surface area (Å²) in [5, 5.41) is 6.08. The number of pyridine rings is 1. The second-order valence-corrected chi connectivity index (χ2v) is 5.22. The molecule has 4 nitrogen and oxygen atoms in total. The van der Waals surface area contributed by atoms with Crippen LogP contribution < -0.4 is 10.6 Å². The summed E-state index contributed by atoms with van der Waals surface area (Å²) in [6.45, 7) is 4.14. The highest BCUT2D eigenvalue weighted by molar-refractivity contribution is 5.95. The molecule has 0 radical (unpaired) electrons. The van der Waals surface area contributed by atoms with E-state index in [4.69, 9.17) is 0 Å². The summed E-state index contributed by atoms with van der Waals surface area (Å²) in [7, 11) is 1.81. The van der Waals surface area contributed by atoms with Crippen LogP contribution >= 0.6 is 0 Å². The van der Waals surface area contributed by atoms with Crippen LogP contribution in [0.4, 0.5) is 5.82 Å². The minimum Gasteiger partial charge on any atom is -0.373 e. The van der Waals surface area contributed by atoms with Gasteiger partial charge in [0, 0.05) is 24.3 Å². The van der Waals surface area contributed by atoms with Gasteiger partial charge in [0.15, 0.2) is 0 Å². The summed E-state index contributed by atoms with van der Waals surface area (Å²) >= 11 is 0. The Morgan fingerprint density at radius 3 is 2.78 bits per heavy atom. The van der Waals surface area contributed by atoms with Crippen molar-refractivity contribution in [1.82, 2.24) is 10.3 Å². The molecule has 1 aromatic heterocycles. The molecule has 1 aliphatic carbocycles. The van der Waals surface area contributed by atoms with E-state index >= 15 is 0 Å². The summed E-state index contributed by atoms with van der Waals surface area (Å²) in [4.78, 5) is 16.4. The topological polar surface area (TPSA) is 54.0 Å². The number of carbonyl (C=O) groups is 1. The van der Waals surface area contributed by atoms with Crippen molar-refractivity contribution < 1.29 is 4.79 Å². The number of hydrogen-bond acceptors (Lipinski definition) is 3. The summed E-state index contributed by atoms with van der Waals surface area (Å²) in [6.07, 6.45) is 3.40. The summed E-state index contributed by atoms with van der Waals surface area (Å²) in [6, 6.07) is 3.95.